The van der Waals surface area contributed by atoms with Crippen molar-refractivity contribution in [3.63, 3.8) is 0 Å². The van der Waals surface area contributed by atoms with Gasteiger partial charge in [0.25, 0.3) is 6.02 Å². The monoisotopic (exact) mass is 313 g/mol. The molecule has 22 heavy (non-hydrogen) atoms. The number of hydrogen-bond acceptors (Lipinski definition) is 5. The van der Waals surface area contributed by atoms with Crippen LogP contribution in [-0.2, 0) is 9.47 Å². The van der Waals surface area contributed by atoms with Crippen molar-refractivity contribution in [1.29, 1.82) is 5.41 Å². The van der Waals surface area contributed by atoms with Gasteiger partial charge < -0.3 is 19.5 Å². The first-order valence-corrected chi connectivity index (χ1v) is 7.77. The molecule has 0 saturated carbocycles. The minimum Gasteiger partial charge on any atom is -0.483 e. The highest BCUT2D eigenvalue weighted by Gasteiger charge is 2.39. The molecule has 0 fully saturated rings. The Bertz CT molecular complexity index is 409. The topological polar surface area (TPSA) is 69.0 Å². The van der Waals surface area contributed by atoms with Crippen LogP contribution < -0.4 is 0 Å². The Morgan fingerprint density at radius 2 is 2.09 bits per heavy atom. The van der Waals surface area contributed by atoms with E-state index < -0.39 is 11.5 Å². The van der Waals surface area contributed by atoms with E-state index in [-0.39, 0.29) is 12.1 Å². The molecule has 2 N–H and O–H groups in total. The summed E-state index contributed by atoms with van der Waals surface area (Å²) in [5.41, 5.74) is -0.397. The van der Waals surface area contributed by atoms with E-state index in [2.05, 4.69) is 0 Å². The molecule has 1 aliphatic rings. The van der Waals surface area contributed by atoms with Crippen molar-refractivity contribution in [2.45, 2.75) is 45.3 Å². The average molecular weight is 313 g/mol. The molecule has 0 aromatic rings. The highest BCUT2D eigenvalue weighted by Crippen LogP contribution is 2.39. The SMILES string of the molecule is CCC(O)[C@]1(C)C=C(OCN(C)C)CC(OC(=N)N(C)C)C1. The minimum absolute atomic E-state index is 0.132. The summed E-state index contributed by atoms with van der Waals surface area (Å²) in [7, 11) is 7.45. The number of amidine groups is 1. The molecule has 6 nitrogen and oxygen atoms in total. The maximum atomic E-state index is 10.4. The Morgan fingerprint density at radius 3 is 2.59 bits per heavy atom. The second kappa shape index (κ2) is 7.83. The van der Waals surface area contributed by atoms with Crippen molar-refractivity contribution in [2.75, 3.05) is 34.9 Å². The van der Waals surface area contributed by atoms with Gasteiger partial charge in [0.15, 0.2) is 0 Å². The maximum absolute atomic E-state index is 10.4. The molecule has 128 valence electrons. The van der Waals surface area contributed by atoms with Crippen LogP contribution in [0.15, 0.2) is 11.8 Å². The quantitative estimate of drug-likeness (QED) is 0.445. The summed E-state index contributed by atoms with van der Waals surface area (Å²) in [6, 6.07) is 0.132. The van der Waals surface area contributed by atoms with E-state index in [0.29, 0.717) is 26.0 Å². The lowest BCUT2D eigenvalue weighted by atomic mass is 9.73. The van der Waals surface area contributed by atoms with Crippen LogP contribution in [0.1, 0.15) is 33.1 Å². The predicted octanol–water partition coefficient (Wildman–Crippen LogP) is 1.86. The lowest BCUT2D eigenvalue weighted by molar-refractivity contribution is -0.00277. The number of aliphatic hydroxyl groups is 1. The van der Waals surface area contributed by atoms with Gasteiger partial charge >= 0.3 is 0 Å². The van der Waals surface area contributed by atoms with E-state index in [1.54, 1.807) is 19.0 Å². The van der Waals surface area contributed by atoms with Crippen LogP contribution in [0, 0.1) is 10.8 Å². The number of hydrogen-bond donors (Lipinski definition) is 2. The van der Waals surface area contributed by atoms with Crippen molar-refractivity contribution in [2.24, 2.45) is 5.41 Å². The lowest BCUT2D eigenvalue weighted by Gasteiger charge is -2.39. The fourth-order valence-corrected chi connectivity index (χ4v) is 2.63. The molecule has 0 heterocycles. The summed E-state index contributed by atoms with van der Waals surface area (Å²) in [6.07, 6.45) is 3.38. The summed E-state index contributed by atoms with van der Waals surface area (Å²) in [6.45, 7) is 4.48. The van der Waals surface area contributed by atoms with Crippen LogP contribution in [0.25, 0.3) is 0 Å². The molecule has 0 bridgehead atoms. The molecule has 6 heteroatoms. The van der Waals surface area contributed by atoms with Gasteiger partial charge in [-0.25, -0.2) is 0 Å². The van der Waals surface area contributed by atoms with Gasteiger partial charge in [0.2, 0.25) is 0 Å². The average Bonchev–Trinajstić information content (AvgIpc) is 2.43. The molecule has 0 radical (unpaired) electrons. The molecule has 1 aliphatic carbocycles. The van der Waals surface area contributed by atoms with E-state index in [1.807, 2.05) is 38.9 Å². The zero-order chi connectivity index (χ0) is 16.9. The van der Waals surface area contributed by atoms with Crippen LogP contribution in [0.3, 0.4) is 0 Å². The summed E-state index contributed by atoms with van der Waals surface area (Å²) in [5, 5.41) is 18.2. The van der Waals surface area contributed by atoms with Crippen LogP contribution >= 0.6 is 0 Å². The van der Waals surface area contributed by atoms with E-state index in [0.717, 1.165) is 5.76 Å². The third kappa shape index (κ3) is 5.18. The molecule has 3 atom stereocenters. The van der Waals surface area contributed by atoms with Crippen molar-refractivity contribution in [3.05, 3.63) is 11.8 Å². The molecular formula is C16H31N3O3. The number of aliphatic hydroxyl groups excluding tert-OH is 1. The third-order valence-electron chi connectivity index (χ3n) is 3.93. The van der Waals surface area contributed by atoms with Gasteiger partial charge in [-0.1, -0.05) is 13.8 Å². The first-order valence-electron chi connectivity index (χ1n) is 7.77. The van der Waals surface area contributed by atoms with Crippen LogP contribution in [0.5, 0.6) is 0 Å². The molecular weight excluding hydrogens is 282 g/mol. The summed E-state index contributed by atoms with van der Waals surface area (Å²) < 4.78 is 11.6. The predicted molar refractivity (Wildman–Crippen MR) is 87.6 cm³/mol. The molecule has 1 rings (SSSR count). The first kappa shape index (κ1) is 18.8. The van der Waals surface area contributed by atoms with Crippen LogP contribution in [0.2, 0.25) is 0 Å². The molecule has 0 aromatic heterocycles. The molecule has 0 aliphatic heterocycles. The lowest BCUT2D eigenvalue weighted by Crippen LogP contribution is -2.40. The largest absolute Gasteiger partial charge is 0.483 e. The molecule has 0 spiro atoms. The van der Waals surface area contributed by atoms with Crippen molar-refractivity contribution < 1.29 is 14.6 Å². The van der Waals surface area contributed by atoms with Crippen LogP contribution in [0.4, 0.5) is 0 Å². The van der Waals surface area contributed by atoms with Gasteiger partial charge in [0, 0.05) is 25.9 Å². The molecule has 0 saturated heterocycles. The Morgan fingerprint density at radius 1 is 1.45 bits per heavy atom. The fraction of sp³-hybridized carbons (Fsp3) is 0.812. The Hall–Kier alpha value is -1.27. The van der Waals surface area contributed by atoms with Gasteiger partial charge in [-0.05, 0) is 33.0 Å². The summed E-state index contributed by atoms with van der Waals surface area (Å²) in [4.78, 5) is 3.58. The second-order valence-corrected chi connectivity index (χ2v) is 6.74. The number of ether oxygens (including phenoxy) is 2. The Balaban J connectivity index is 2.88. The summed E-state index contributed by atoms with van der Waals surface area (Å²) >= 11 is 0. The number of nitrogens with one attached hydrogen (secondary N) is 1. The zero-order valence-electron chi connectivity index (χ0n) is 14.7. The second-order valence-electron chi connectivity index (χ2n) is 6.74. The van der Waals surface area contributed by atoms with Gasteiger partial charge in [-0.15, -0.1) is 0 Å². The smallest absolute Gasteiger partial charge is 0.284 e. The highest BCUT2D eigenvalue weighted by atomic mass is 16.5. The minimum atomic E-state index is -0.453. The first-order chi connectivity index (χ1) is 10.2. The Labute approximate surface area is 134 Å². The third-order valence-corrected chi connectivity index (χ3v) is 3.93. The van der Waals surface area contributed by atoms with E-state index >= 15 is 0 Å². The zero-order valence-corrected chi connectivity index (χ0v) is 14.7. The number of rotatable bonds is 6. The molecule has 0 aromatic carbocycles. The van der Waals surface area contributed by atoms with Gasteiger partial charge in [0.05, 0.1) is 11.9 Å². The summed E-state index contributed by atoms with van der Waals surface area (Å²) in [5.74, 6) is 0.825. The van der Waals surface area contributed by atoms with Crippen LogP contribution in [-0.4, -0.2) is 68.1 Å². The standard InChI is InChI=1S/C16H31N3O3/c1-7-14(20)16(2)9-12(21-11-18(3)4)8-13(10-16)22-15(17)19(5)6/h9,13-14,17,20H,7-8,10-11H2,1-6H3/t13?,14?,16-/m1/s1. The van der Waals surface area contributed by atoms with Gasteiger partial charge in [-0.2, -0.15) is 0 Å². The van der Waals surface area contributed by atoms with E-state index in [9.17, 15) is 5.11 Å². The molecule has 0 amide bonds. The normalized spacial score (nSPS) is 26.4. The van der Waals surface area contributed by atoms with E-state index in [4.69, 9.17) is 14.9 Å². The van der Waals surface area contributed by atoms with Gasteiger partial charge in [-0.3, -0.25) is 10.3 Å². The van der Waals surface area contributed by atoms with E-state index in [1.165, 1.54) is 0 Å². The number of nitrogens with zero attached hydrogens (tertiary/aromatic N) is 2. The maximum Gasteiger partial charge on any atom is 0.284 e. The Kier molecular flexibility index (Phi) is 6.68. The van der Waals surface area contributed by atoms with Crippen molar-refractivity contribution >= 4 is 6.02 Å². The molecule has 2 unspecified atom stereocenters. The van der Waals surface area contributed by atoms with Crippen molar-refractivity contribution in [1.82, 2.24) is 9.80 Å². The van der Waals surface area contributed by atoms with Crippen molar-refractivity contribution in [3.8, 4) is 0 Å². The fourth-order valence-electron chi connectivity index (χ4n) is 2.63. The highest BCUT2D eigenvalue weighted by molar-refractivity contribution is 5.69. The van der Waals surface area contributed by atoms with Gasteiger partial charge in [0.1, 0.15) is 12.8 Å².